The summed E-state index contributed by atoms with van der Waals surface area (Å²) in [6.45, 7) is 2.78. The standard InChI is InChI=1S/C16H15N3/c1-12-15(7-4-9-17-12)19-11-13-8-10-18-16-6-3-2-5-14(13)16/h2-10,19H,11H2,1H3. The number of para-hydroxylation sites is 1. The quantitative estimate of drug-likeness (QED) is 0.771. The monoisotopic (exact) mass is 249 g/mol. The molecule has 0 amide bonds. The van der Waals surface area contributed by atoms with Crippen molar-refractivity contribution in [3.8, 4) is 0 Å². The molecule has 94 valence electrons. The van der Waals surface area contributed by atoms with Crippen molar-refractivity contribution in [3.63, 3.8) is 0 Å². The van der Waals surface area contributed by atoms with Crippen LogP contribution >= 0.6 is 0 Å². The Balaban J connectivity index is 1.88. The molecule has 3 nitrogen and oxygen atoms in total. The lowest BCUT2D eigenvalue weighted by Gasteiger charge is -2.10. The van der Waals surface area contributed by atoms with Gasteiger partial charge in [0.15, 0.2) is 0 Å². The Bertz CT molecular complexity index is 702. The number of nitrogens with one attached hydrogen (secondary N) is 1. The molecule has 2 aromatic heterocycles. The number of hydrogen-bond acceptors (Lipinski definition) is 3. The van der Waals surface area contributed by atoms with Crippen LogP contribution in [0.4, 0.5) is 5.69 Å². The van der Waals surface area contributed by atoms with E-state index in [1.54, 1.807) is 0 Å². The van der Waals surface area contributed by atoms with Gasteiger partial charge in [-0.1, -0.05) is 18.2 Å². The molecule has 1 N–H and O–H groups in total. The molecule has 0 aliphatic carbocycles. The van der Waals surface area contributed by atoms with Gasteiger partial charge in [-0.25, -0.2) is 0 Å². The third-order valence-corrected chi connectivity index (χ3v) is 3.22. The molecule has 1 aromatic carbocycles. The average Bonchev–Trinajstić information content (AvgIpc) is 2.46. The number of nitrogens with zero attached hydrogens (tertiary/aromatic N) is 2. The van der Waals surface area contributed by atoms with Gasteiger partial charge in [0, 0.05) is 24.3 Å². The van der Waals surface area contributed by atoms with Gasteiger partial charge in [0.25, 0.3) is 0 Å². The molecular weight excluding hydrogens is 234 g/mol. The third kappa shape index (κ3) is 2.40. The molecule has 0 bridgehead atoms. The van der Waals surface area contributed by atoms with E-state index >= 15 is 0 Å². The number of aromatic nitrogens is 2. The number of hydrogen-bond donors (Lipinski definition) is 1. The number of pyridine rings is 2. The van der Waals surface area contributed by atoms with Crippen molar-refractivity contribution < 1.29 is 0 Å². The second kappa shape index (κ2) is 5.06. The van der Waals surface area contributed by atoms with Crippen LogP contribution in [0.5, 0.6) is 0 Å². The van der Waals surface area contributed by atoms with Crippen LogP contribution in [0.1, 0.15) is 11.3 Å². The minimum atomic E-state index is 0.773. The van der Waals surface area contributed by atoms with Crippen LogP contribution in [-0.4, -0.2) is 9.97 Å². The summed E-state index contributed by atoms with van der Waals surface area (Å²) in [6.07, 6.45) is 3.66. The number of anilines is 1. The fourth-order valence-corrected chi connectivity index (χ4v) is 2.17. The van der Waals surface area contributed by atoms with Gasteiger partial charge in [0.05, 0.1) is 16.9 Å². The lowest BCUT2D eigenvalue weighted by Crippen LogP contribution is -2.02. The van der Waals surface area contributed by atoms with Crippen LogP contribution in [0.3, 0.4) is 0 Å². The van der Waals surface area contributed by atoms with Crippen molar-refractivity contribution in [2.24, 2.45) is 0 Å². The number of rotatable bonds is 3. The SMILES string of the molecule is Cc1ncccc1NCc1ccnc2ccccc12. The van der Waals surface area contributed by atoms with E-state index in [9.17, 15) is 0 Å². The van der Waals surface area contributed by atoms with Crippen LogP contribution in [-0.2, 0) is 6.54 Å². The van der Waals surface area contributed by atoms with Gasteiger partial charge in [0.1, 0.15) is 0 Å². The highest BCUT2D eigenvalue weighted by Gasteiger charge is 2.02. The van der Waals surface area contributed by atoms with E-state index in [-0.39, 0.29) is 0 Å². The van der Waals surface area contributed by atoms with Crippen LogP contribution in [0.15, 0.2) is 54.9 Å². The van der Waals surface area contributed by atoms with E-state index in [2.05, 4.69) is 27.4 Å². The third-order valence-electron chi connectivity index (χ3n) is 3.22. The summed E-state index contributed by atoms with van der Waals surface area (Å²) in [5, 5.41) is 4.62. The molecule has 0 aliphatic heterocycles. The average molecular weight is 249 g/mol. The minimum Gasteiger partial charge on any atom is -0.379 e. The van der Waals surface area contributed by atoms with Gasteiger partial charge in [-0.3, -0.25) is 9.97 Å². The van der Waals surface area contributed by atoms with Crippen molar-refractivity contribution in [1.29, 1.82) is 0 Å². The first-order valence-electron chi connectivity index (χ1n) is 6.33. The molecule has 0 radical (unpaired) electrons. The second-order valence-electron chi connectivity index (χ2n) is 4.48. The smallest absolute Gasteiger partial charge is 0.0705 e. The Kier molecular flexibility index (Phi) is 3.11. The summed E-state index contributed by atoms with van der Waals surface area (Å²) in [6, 6.07) is 14.2. The number of fused-ring (bicyclic) bond motifs is 1. The van der Waals surface area contributed by atoms with Crippen molar-refractivity contribution >= 4 is 16.6 Å². The molecule has 3 aromatic rings. The van der Waals surface area contributed by atoms with Crippen LogP contribution in [0.25, 0.3) is 10.9 Å². The lowest BCUT2D eigenvalue weighted by molar-refractivity contribution is 1.11. The van der Waals surface area contributed by atoms with E-state index < -0.39 is 0 Å². The number of aryl methyl sites for hydroxylation is 1. The molecule has 0 saturated carbocycles. The first-order chi connectivity index (χ1) is 9.34. The van der Waals surface area contributed by atoms with Gasteiger partial charge >= 0.3 is 0 Å². The zero-order valence-corrected chi connectivity index (χ0v) is 10.8. The topological polar surface area (TPSA) is 37.8 Å². The summed E-state index contributed by atoms with van der Waals surface area (Å²) in [7, 11) is 0. The normalized spacial score (nSPS) is 10.6. The van der Waals surface area contributed by atoms with E-state index in [0.717, 1.165) is 23.4 Å². The lowest BCUT2D eigenvalue weighted by atomic mass is 10.1. The molecule has 0 saturated heterocycles. The van der Waals surface area contributed by atoms with E-state index in [0.29, 0.717) is 0 Å². The summed E-state index contributed by atoms with van der Waals surface area (Å²) in [5.41, 5.74) is 4.36. The fraction of sp³-hybridized carbons (Fsp3) is 0.125. The predicted molar refractivity (Wildman–Crippen MR) is 78.0 cm³/mol. The van der Waals surface area contributed by atoms with Gasteiger partial charge < -0.3 is 5.32 Å². The summed E-state index contributed by atoms with van der Waals surface area (Å²) in [5.74, 6) is 0. The van der Waals surface area contributed by atoms with Gasteiger partial charge in [0.2, 0.25) is 0 Å². The van der Waals surface area contributed by atoms with Crippen LogP contribution in [0.2, 0.25) is 0 Å². The summed E-state index contributed by atoms with van der Waals surface area (Å²) >= 11 is 0. The maximum Gasteiger partial charge on any atom is 0.0705 e. The summed E-state index contributed by atoms with van der Waals surface area (Å²) in [4.78, 5) is 8.65. The van der Waals surface area contributed by atoms with E-state index in [4.69, 9.17) is 0 Å². The van der Waals surface area contributed by atoms with E-state index in [1.807, 2.05) is 49.6 Å². The summed E-state index contributed by atoms with van der Waals surface area (Å²) < 4.78 is 0. The molecular formula is C16H15N3. The Hall–Kier alpha value is -2.42. The fourth-order valence-electron chi connectivity index (χ4n) is 2.17. The predicted octanol–water partition coefficient (Wildman–Crippen LogP) is 3.55. The number of benzene rings is 1. The van der Waals surface area contributed by atoms with Crippen LogP contribution < -0.4 is 5.32 Å². The van der Waals surface area contributed by atoms with Crippen molar-refractivity contribution in [1.82, 2.24) is 9.97 Å². The molecule has 0 unspecified atom stereocenters. The van der Waals surface area contributed by atoms with Crippen molar-refractivity contribution in [3.05, 3.63) is 66.1 Å². The van der Waals surface area contributed by atoms with Crippen LogP contribution in [0, 0.1) is 6.92 Å². The zero-order valence-electron chi connectivity index (χ0n) is 10.8. The maximum atomic E-state index is 4.37. The molecule has 3 rings (SSSR count). The molecule has 0 atom stereocenters. The van der Waals surface area contributed by atoms with Crippen molar-refractivity contribution in [2.45, 2.75) is 13.5 Å². The Morgan fingerprint density at radius 3 is 2.74 bits per heavy atom. The zero-order chi connectivity index (χ0) is 13.1. The van der Waals surface area contributed by atoms with E-state index in [1.165, 1.54) is 10.9 Å². The molecule has 3 heteroatoms. The first-order valence-corrected chi connectivity index (χ1v) is 6.33. The van der Waals surface area contributed by atoms with Gasteiger partial charge in [-0.15, -0.1) is 0 Å². The maximum absolute atomic E-state index is 4.37. The van der Waals surface area contributed by atoms with Gasteiger partial charge in [-0.05, 0) is 36.8 Å². The highest BCUT2D eigenvalue weighted by molar-refractivity contribution is 5.82. The highest BCUT2D eigenvalue weighted by Crippen LogP contribution is 2.18. The highest BCUT2D eigenvalue weighted by atomic mass is 14.9. The molecule has 19 heavy (non-hydrogen) atoms. The molecule has 0 aliphatic rings. The minimum absolute atomic E-state index is 0.773. The first kappa shape index (κ1) is 11.7. The van der Waals surface area contributed by atoms with Gasteiger partial charge in [-0.2, -0.15) is 0 Å². The van der Waals surface area contributed by atoms with Crippen molar-refractivity contribution in [2.75, 3.05) is 5.32 Å². The Labute approximate surface area is 112 Å². The second-order valence-corrected chi connectivity index (χ2v) is 4.48. The Morgan fingerprint density at radius 1 is 0.947 bits per heavy atom. The molecule has 0 spiro atoms. The molecule has 2 heterocycles. The largest absolute Gasteiger partial charge is 0.379 e. The molecule has 0 fully saturated rings. The Morgan fingerprint density at radius 2 is 1.84 bits per heavy atom.